The van der Waals surface area contributed by atoms with Crippen molar-refractivity contribution in [2.24, 2.45) is 5.92 Å². The standard InChI is InChI=1S/C18H31N3O/c1-4-6-7-15(3)12-14-19-17-10-8-16(9-11-17)18(22)21-20-13-5-2/h8-11,15,19-20H,4-7,12-14H2,1-3H3,(H,21,22). The number of unbranched alkanes of at least 4 members (excludes halogenated alkanes) is 1. The Morgan fingerprint density at radius 1 is 1.05 bits per heavy atom. The Kier molecular flexibility index (Phi) is 9.31. The van der Waals surface area contributed by atoms with Crippen molar-refractivity contribution in [2.75, 3.05) is 18.4 Å². The fourth-order valence-corrected chi connectivity index (χ4v) is 2.24. The molecule has 0 aromatic heterocycles. The van der Waals surface area contributed by atoms with Gasteiger partial charge in [-0.15, -0.1) is 0 Å². The van der Waals surface area contributed by atoms with Crippen molar-refractivity contribution in [3.63, 3.8) is 0 Å². The monoisotopic (exact) mass is 305 g/mol. The van der Waals surface area contributed by atoms with E-state index in [-0.39, 0.29) is 5.91 Å². The minimum Gasteiger partial charge on any atom is -0.385 e. The van der Waals surface area contributed by atoms with Crippen molar-refractivity contribution in [1.82, 2.24) is 10.9 Å². The van der Waals surface area contributed by atoms with E-state index in [9.17, 15) is 4.79 Å². The first-order chi connectivity index (χ1) is 10.7. The van der Waals surface area contributed by atoms with Crippen LogP contribution in [0.1, 0.15) is 63.2 Å². The second kappa shape index (κ2) is 11.1. The summed E-state index contributed by atoms with van der Waals surface area (Å²) in [6.45, 7) is 8.37. The second-order valence-corrected chi connectivity index (χ2v) is 5.92. The van der Waals surface area contributed by atoms with Gasteiger partial charge in [0, 0.05) is 24.3 Å². The lowest BCUT2D eigenvalue weighted by Crippen LogP contribution is -2.37. The van der Waals surface area contributed by atoms with Gasteiger partial charge in [-0.1, -0.05) is 40.0 Å². The third-order valence-electron chi connectivity index (χ3n) is 3.74. The zero-order chi connectivity index (χ0) is 16.2. The predicted molar refractivity (Wildman–Crippen MR) is 94.0 cm³/mol. The average molecular weight is 305 g/mol. The molecule has 4 nitrogen and oxygen atoms in total. The fourth-order valence-electron chi connectivity index (χ4n) is 2.24. The molecule has 0 fully saturated rings. The Morgan fingerprint density at radius 3 is 2.41 bits per heavy atom. The van der Waals surface area contributed by atoms with Gasteiger partial charge < -0.3 is 5.32 Å². The summed E-state index contributed by atoms with van der Waals surface area (Å²) in [6, 6.07) is 7.63. The third-order valence-corrected chi connectivity index (χ3v) is 3.74. The Bertz CT molecular complexity index is 417. The maximum absolute atomic E-state index is 11.8. The number of hydrogen-bond donors (Lipinski definition) is 3. The van der Waals surface area contributed by atoms with Crippen molar-refractivity contribution < 1.29 is 4.79 Å². The van der Waals surface area contributed by atoms with Crippen LogP contribution in [0, 0.1) is 5.92 Å². The van der Waals surface area contributed by atoms with Crippen molar-refractivity contribution in [3.05, 3.63) is 29.8 Å². The van der Waals surface area contributed by atoms with Gasteiger partial charge in [0.1, 0.15) is 0 Å². The first kappa shape index (κ1) is 18.5. The molecule has 1 rings (SSSR count). The van der Waals surface area contributed by atoms with Crippen LogP contribution in [0.2, 0.25) is 0 Å². The number of anilines is 1. The number of carbonyl (C=O) groups is 1. The molecule has 0 spiro atoms. The molecule has 124 valence electrons. The molecular formula is C18H31N3O. The Morgan fingerprint density at radius 2 is 1.77 bits per heavy atom. The molecule has 0 radical (unpaired) electrons. The average Bonchev–Trinajstić information content (AvgIpc) is 2.53. The molecule has 0 bridgehead atoms. The number of benzene rings is 1. The number of nitrogens with one attached hydrogen (secondary N) is 3. The van der Waals surface area contributed by atoms with Crippen LogP contribution in [0.4, 0.5) is 5.69 Å². The highest BCUT2D eigenvalue weighted by molar-refractivity contribution is 5.94. The van der Waals surface area contributed by atoms with Crippen LogP contribution < -0.4 is 16.2 Å². The Hall–Kier alpha value is -1.55. The third kappa shape index (κ3) is 7.46. The van der Waals surface area contributed by atoms with Crippen LogP contribution in [0.15, 0.2) is 24.3 Å². The molecule has 4 heteroatoms. The predicted octanol–water partition coefficient (Wildman–Crippen LogP) is 3.96. The van der Waals surface area contributed by atoms with Crippen LogP contribution >= 0.6 is 0 Å². The van der Waals surface area contributed by atoms with E-state index in [1.165, 1.54) is 25.7 Å². The van der Waals surface area contributed by atoms with E-state index in [1.807, 2.05) is 24.3 Å². The normalized spacial score (nSPS) is 12.0. The summed E-state index contributed by atoms with van der Waals surface area (Å²) in [6.07, 6.45) is 6.07. The molecule has 0 aliphatic carbocycles. The van der Waals surface area contributed by atoms with Gasteiger partial charge in [-0.25, -0.2) is 5.43 Å². The first-order valence-corrected chi connectivity index (χ1v) is 8.54. The molecule has 0 heterocycles. The van der Waals surface area contributed by atoms with Crippen molar-refractivity contribution in [3.8, 4) is 0 Å². The molecule has 0 saturated carbocycles. The number of carbonyl (C=O) groups excluding carboxylic acids is 1. The molecule has 1 aromatic carbocycles. The maximum atomic E-state index is 11.8. The molecule has 3 N–H and O–H groups in total. The van der Waals surface area contributed by atoms with Gasteiger partial charge in [-0.3, -0.25) is 10.2 Å². The van der Waals surface area contributed by atoms with E-state index in [0.717, 1.165) is 31.1 Å². The SMILES string of the molecule is CCCCC(C)CCNc1ccc(C(=O)NNCCC)cc1. The molecule has 0 saturated heterocycles. The fraction of sp³-hybridized carbons (Fsp3) is 0.611. The van der Waals surface area contributed by atoms with Crippen LogP contribution in [0.5, 0.6) is 0 Å². The van der Waals surface area contributed by atoms with Crippen molar-refractivity contribution >= 4 is 11.6 Å². The second-order valence-electron chi connectivity index (χ2n) is 5.92. The minimum absolute atomic E-state index is 0.0896. The van der Waals surface area contributed by atoms with Crippen LogP contribution in [-0.2, 0) is 0 Å². The van der Waals surface area contributed by atoms with Gasteiger partial charge in [0.25, 0.3) is 5.91 Å². The summed E-state index contributed by atoms with van der Waals surface area (Å²) >= 11 is 0. The summed E-state index contributed by atoms with van der Waals surface area (Å²) in [7, 11) is 0. The number of hydrazine groups is 1. The van der Waals surface area contributed by atoms with E-state index >= 15 is 0 Å². The Balaban J connectivity index is 2.30. The van der Waals surface area contributed by atoms with Crippen LogP contribution in [-0.4, -0.2) is 19.0 Å². The van der Waals surface area contributed by atoms with E-state index in [1.54, 1.807) is 0 Å². The van der Waals surface area contributed by atoms with Gasteiger partial charge in [-0.05, 0) is 43.0 Å². The zero-order valence-electron chi connectivity index (χ0n) is 14.2. The molecule has 0 aliphatic heterocycles. The molecule has 1 aromatic rings. The highest BCUT2D eigenvalue weighted by Crippen LogP contribution is 2.13. The number of amides is 1. The lowest BCUT2D eigenvalue weighted by Gasteiger charge is -2.12. The van der Waals surface area contributed by atoms with Gasteiger partial charge in [0.05, 0.1) is 0 Å². The van der Waals surface area contributed by atoms with E-state index in [2.05, 4.69) is 36.9 Å². The van der Waals surface area contributed by atoms with Gasteiger partial charge in [-0.2, -0.15) is 0 Å². The number of hydrogen-bond acceptors (Lipinski definition) is 3. The lowest BCUT2D eigenvalue weighted by atomic mass is 10.0. The summed E-state index contributed by atoms with van der Waals surface area (Å²) in [5.74, 6) is 0.676. The molecule has 1 unspecified atom stereocenters. The first-order valence-electron chi connectivity index (χ1n) is 8.54. The van der Waals surface area contributed by atoms with Gasteiger partial charge in [0.15, 0.2) is 0 Å². The highest BCUT2D eigenvalue weighted by atomic mass is 16.2. The smallest absolute Gasteiger partial charge is 0.265 e. The summed E-state index contributed by atoms with van der Waals surface area (Å²) in [5, 5.41) is 3.42. The Labute approximate surface area is 135 Å². The topological polar surface area (TPSA) is 53.2 Å². The van der Waals surface area contributed by atoms with E-state index in [0.29, 0.717) is 5.56 Å². The van der Waals surface area contributed by atoms with E-state index in [4.69, 9.17) is 0 Å². The summed E-state index contributed by atoms with van der Waals surface area (Å²) < 4.78 is 0. The van der Waals surface area contributed by atoms with Gasteiger partial charge >= 0.3 is 0 Å². The molecule has 1 atom stereocenters. The molecule has 0 aliphatic rings. The quantitative estimate of drug-likeness (QED) is 0.428. The van der Waals surface area contributed by atoms with E-state index < -0.39 is 0 Å². The lowest BCUT2D eigenvalue weighted by molar-refractivity contribution is 0.0933. The zero-order valence-corrected chi connectivity index (χ0v) is 14.2. The summed E-state index contributed by atoms with van der Waals surface area (Å²) in [4.78, 5) is 11.8. The molecule has 1 amide bonds. The van der Waals surface area contributed by atoms with Gasteiger partial charge in [0.2, 0.25) is 0 Å². The highest BCUT2D eigenvalue weighted by Gasteiger charge is 2.05. The summed E-state index contributed by atoms with van der Waals surface area (Å²) in [5.41, 5.74) is 7.33. The van der Waals surface area contributed by atoms with Crippen molar-refractivity contribution in [2.45, 2.75) is 52.9 Å². The number of rotatable bonds is 11. The molecule has 22 heavy (non-hydrogen) atoms. The largest absolute Gasteiger partial charge is 0.385 e. The minimum atomic E-state index is -0.0896. The van der Waals surface area contributed by atoms with Crippen molar-refractivity contribution in [1.29, 1.82) is 0 Å². The van der Waals surface area contributed by atoms with Crippen LogP contribution in [0.3, 0.4) is 0 Å². The maximum Gasteiger partial charge on any atom is 0.265 e. The van der Waals surface area contributed by atoms with Crippen LogP contribution in [0.25, 0.3) is 0 Å². The molecular weight excluding hydrogens is 274 g/mol.